The first-order valence-electron chi connectivity index (χ1n) is 12.4. The smallest absolute Gasteiger partial charge is 0.289 e. The van der Waals surface area contributed by atoms with Gasteiger partial charge in [0.15, 0.2) is 5.76 Å². The Hall–Kier alpha value is -4.06. The second-order valence-corrected chi connectivity index (χ2v) is 9.18. The predicted molar refractivity (Wildman–Crippen MR) is 142 cm³/mol. The van der Waals surface area contributed by atoms with Gasteiger partial charge in [0.25, 0.3) is 5.91 Å². The summed E-state index contributed by atoms with van der Waals surface area (Å²) >= 11 is 0. The van der Waals surface area contributed by atoms with Crippen LogP contribution in [0.1, 0.15) is 53.4 Å². The van der Waals surface area contributed by atoms with Crippen molar-refractivity contribution in [3.05, 3.63) is 119 Å². The molecule has 0 bridgehead atoms. The number of amides is 1. The monoisotopic (exact) mass is 501 g/mol. The zero-order valence-electron chi connectivity index (χ0n) is 21.4. The van der Waals surface area contributed by atoms with Crippen LogP contribution in [0.5, 0.6) is 11.5 Å². The summed E-state index contributed by atoms with van der Waals surface area (Å²) in [5, 5.41) is 0. The summed E-state index contributed by atoms with van der Waals surface area (Å²) in [5.74, 6) is 1.34. The zero-order valence-corrected chi connectivity index (χ0v) is 21.4. The lowest BCUT2D eigenvalue weighted by Gasteiger charge is -2.26. The summed E-state index contributed by atoms with van der Waals surface area (Å²) < 4.78 is 30.2. The number of hydrogen-bond donors (Lipinski definition) is 0. The molecule has 0 N–H and O–H groups in total. The van der Waals surface area contributed by atoms with Crippen molar-refractivity contribution in [3.8, 4) is 11.5 Å². The van der Waals surface area contributed by atoms with Gasteiger partial charge in [0.2, 0.25) is 0 Å². The molecular formula is C31H32FNO4. The molecule has 1 aromatic heterocycles. The van der Waals surface area contributed by atoms with Crippen LogP contribution in [0.2, 0.25) is 0 Å². The topological polar surface area (TPSA) is 51.9 Å². The first kappa shape index (κ1) is 26.0. The molecule has 4 aromatic rings. The van der Waals surface area contributed by atoms with Crippen molar-refractivity contribution in [3.63, 3.8) is 0 Å². The van der Waals surface area contributed by atoms with Gasteiger partial charge in [-0.1, -0.05) is 36.4 Å². The third-order valence-electron chi connectivity index (χ3n) is 6.17. The number of carbonyl (C=O) groups excluding carboxylic acids is 1. The Kier molecular flexibility index (Phi) is 8.62. The Morgan fingerprint density at radius 1 is 0.892 bits per heavy atom. The van der Waals surface area contributed by atoms with Gasteiger partial charge >= 0.3 is 0 Å². The molecule has 1 amide bonds. The van der Waals surface area contributed by atoms with Gasteiger partial charge in [0, 0.05) is 19.0 Å². The molecule has 4 rings (SSSR count). The van der Waals surface area contributed by atoms with E-state index in [4.69, 9.17) is 13.9 Å². The van der Waals surface area contributed by atoms with Gasteiger partial charge in [0.05, 0.1) is 19.5 Å². The van der Waals surface area contributed by atoms with E-state index in [1.54, 1.807) is 36.3 Å². The van der Waals surface area contributed by atoms with Crippen molar-refractivity contribution in [1.82, 2.24) is 4.90 Å². The van der Waals surface area contributed by atoms with Crippen LogP contribution in [0, 0.1) is 5.82 Å². The molecule has 0 saturated carbocycles. The molecule has 6 heteroatoms. The first-order valence-corrected chi connectivity index (χ1v) is 12.4. The Bertz CT molecular complexity index is 1250. The van der Waals surface area contributed by atoms with E-state index in [1.165, 1.54) is 18.4 Å². The van der Waals surface area contributed by atoms with Gasteiger partial charge in [0.1, 0.15) is 17.3 Å². The highest BCUT2D eigenvalue weighted by Gasteiger charge is 2.22. The number of rotatable bonds is 11. The van der Waals surface area contributed by atoms with Crippen LogP contribution < -0.4 is 9.47 Å². The average molecular weight is 502 g/mol. The van der Waals surface area contributed by atoms with Gasteiger partial charge in [-0.3, -0.25) is 4.79 Å². The minimum Gasteiger partial charge on any atom is -0.497 e. The van der Waals surface area contributed by atoms with Crippen molar-refractivity contribution in [2.45, 2.75) is 38.8 Å². The number of benzene rings is 3. The number of methoxy groups -OCH3 is 1. The summed E-state index contributed by atoms with van der Waals surface area (Å²) in [6.45, 7) is 4.87. The van der Waals surface area contributed by atoms with Crippen LogP contribution in [-0.4, -0.2) is 30.6 Å². The van der Waals surface area contributed by atoms with Crippen molar-refractivity contribution in [2.75, 3.05) is 13.7 Å². The molecule has 0 aliphatic rings. The van der Waals surface area contributed by atoms with Gasteiger partial charge in [-0.15, -0.1) is 0 Å². The second-order valence-electron chi connectivity index (χ2n) is 9.18. The quantitative estimate of drug-likeness (QED) is 0.220. The fraction of sp³-hybridized carbons (Fsp3) is 0.258. The predicted octanol–water partition coefficient (Wildman–Crippen LogP) is 7.08. The van der Waals surface area contributed by atoms with E-state index in [1.807, 2.05) is 62.4 Å². The normalized spacial score (nSPS) is 11.8. The molecule has 5 nitrogen and oxygen atoms in total. The maximum Gasteiger partial charge on any atom is 0.289 e. The van der Waals surface area contributed by atoms with E-state index in [0.717, 1.165) is 28.2 Å². The lowest BCUT2D eigenvalue weighted by molar-refractivity contribution is 0.0707. The number of hydrogen-bond acceptors (Lipinski definition) is 4. The van der Waals surface area contributed by atoms with Crippen molar-refractivity contribution >= 4 is 5.91 Å². The van der Waals surface area contributed by atoms with Gasteiger partial charge in [-0.2, -0.15) is 0 Å². The molecule has 3 aromatic carbocycles. The molecule has 0 saturated heterocycles. The molecule has 0 aliphatic carbocycles. The van der Waals surface area contributed by atoms with Crippen molar-refractivity contribution < 1.29 is 23.1 Å². The van der Waals surface area contributed by atoms with E-state index >= 15 is 0 Å². The fourth-order valence-corrected chi connectivity index (χ4v) is 4.32. The highest BCUT2D eigenvalue weighted by atomic mass is 19.1. The summed E-state index contributed by atoms with van der Waals surface area (Å²) in [7, 11) is 1.62. The minimum absolute atomic E-state index is 0.0449. The highest BCUT2D eigenvalue weighted by Crippen LogP contribution is 2.31. The van der Waals surface area contributed by atoms with Crippen LogP contribution in [0.4, 0.5) is 4.39 Å². The molecule has 0 aliphatic heterocycles. The fourth-order valence-electron chi connectivity index (χ4n) is 4.32. The Morgan fingerprint density at radius 2 is 1.51 bits per heavy atom. The Labute approximate surface area is 217 Å². The molecule has 0 fully saturated rings. The van der Waals surface area contributed by atoms with Crippen molar-refractivity contribution in [2.24, 2.45) is 0 Å². The molecule has 1 atom stereocenters. The van der Waals surface area contributed by atoms with E-state index in [0.29, 0.717) is 25.3 Å². The Balaban J connectivity index is 1.59. The number of ether oxygens (including phenoxy) is 2. The summed E-state index contributed by atoms with van der Waals surface area (Å²) in [6, 6.07) is 25.6. The number of halogens is 1. The third kappa shape index (κ3) is 7.00. The van der Waals surface area contributed by atoms with E-state index in [9.17, 15) is 9.18 Å². The van der Waals surface area contributed by atoms with Crippen LogP contribution in [0.25, 0.3) is 0 Å². The van der Waals surface area contributed by atoms with Crippen molar-refractivity contribution in [1.29, 1.82) is 0 Å². The molecule has 0 radical (unpaired) electrons. The average Bonchev–Trinajstić information content (AvgIpc) is 3.45. The SMILES string of the molecule is COc1ccc(CN(CC[C@@H](c2ccc(F)cc2)c2ccc(OC(C)C)cc2)C(=O)c2ccco2)cc1. The van der Waals surface area contributed by atoms with Gasteiger partial charge in [-0.05, 0) is 85.5 Å². The largest absolute Gasteiger partial charge is 0.497 e. The van der Waals surface area contributed by atoms with E-state index < -0.39 is 0 Å². The standard InChI is InChI=1S/C31H32FNO4/c1-22(2)37-28-16-10-25(11-17-28)29(24-8-12-26(32)13-9-24)18-19-33(31(34)30-5-4-20-36-30)21-23-6-14-27(35-3)15-7-23/h4-17,20,22,29H,18-19,21H2,1-3H3/t29-/m0/s1. The molecule has 37 heavy (non-hydrogen) atoms. The summed E-state index contributed by atoms with van der Waals surface area (Å²) in [5.41, 5.74) is 3.03. The van der Waals surface area contributed by atoms with Gasteiger partial charge < -0.3 is 18.8 Å². The lowest BCUT2D eigenvalue weighted by atomic mass is 9.88. The maximum atomic E-state index is 13.7. The van der Waals surface area contributed by atoms with Gasteiger partial charge in [-0.25, -0.2) is 4.39 Å². The minimum atomic E-state index is -0.280. The molecule has 1 heterocycles. The third-order valence-corrected chi connectivity index (χ3v) is 6.17. The van der Waals surface area contributed by atoms with Crippen LogP contribution >= 0.6 is 0 Å². The molecule has 0 unspecified atom stereocenters. The summed E-state index contributed by atoms with van der Waals surface area (Å²) in [6.07, 6.45) is 2.22. The second kappa shape index (κ2) is 12.3. The number of furan rings is 1. The molecule has 0 spiro atoms. The zero-order chi connectivity index (χ0) is 26.2. The first-order chi connectivity index (χ1) is 17.9. The summed E-state index contributed by atoms with van der Waals surface area (Å²) in [4.78, 5) is 15.1. The Morgan fingerprint density at radius 3 is 2.08 bits per heavy atom. The number of carbonyl (C=O) groups is 1. The van der Waals surface area contributed by atoms with E-state index in [2.05, 4.69) is 0 Å². The number of nitrogens with zero attached hydrogens (tertiary/aromatic N) is 1. The maximum absolute atomic E-state index is 13.7. The van der Waals surface area contributed by atoms with E-state index in [-0.39, 0.29) is 23.7 Å². The molecule has 192 valence electrons. The lowest BCUT2D eigenvalue weighted by Crippen LogP contribution is -2.32. The van der Waals surface area contributed by atoms with Crippen LogP contribution in [-0.2, 0) is 6.54 Å². The highest BCUT2D eigenvalue weighted by molar-refractivity contribution is 5.91. The van der Waals surface area contributed by atoms with Crippen LogP contribution in [0.15, 0.2) is 95.6 Å². The molecular weight excluding hydrogens is 469 g/mol. The van der Waals surface area contributed by atoms with Crippen LogP contribution in [0.3, 0.4) is 0 Å².